The second-order valence-electron chi connectivity index (χ2n) is 7.81. The largest absolute Gasteiger partial charge is 0.490 e. The van der Waals surface area contributed by atoms with Gasteiger partial charge in [0.05, 0.1) is 18.1 Å². The molecule has 4 rings (SSSR count). The van der Waals surface area contributed by atoms with Crippen molar-refractivity contribution in [3.05, 3.63) is 97.5 Å². The molecule has 1 fully saturated rings. The van der Waals surface area contributed by atoms with E-state index < -0.39 is 0 Å². The third-order valence-corrected chi connectivity index (χ3v) is 6.80. The standard InChI is InChI=1S/C27H24INO4S/c1-3-32-24-14-20(9-12-23(24)33-17-21-6-4-5-18(2)13-21)15-25-26(30)29(27(31)34-25)16-19-7-10-22(28)11-8-19/h4-15H,3,16-17H2,1-2H3/b25-15-. The number of amides is 2. The summed E-state index contributed by atoms with van der Waals surface area (Å²) in [5.41, 5.74) is 3.94. The number of carbonyl (C=O) groups is 2. The van der Waals surface area contributed by atoms with Crippen LogP contribution in [0.15, 0.2) is 71.6 Å². The van der Waals surface area contributed by atoms with Crippen LogP contribution in [0.3, 0.4) is 0 Å². The second-order valence-corrected chi connectivity index (χ2v) is 10.1. The Hall–Kier alpha value is -2.78. The summed E-state index contributed by atoms with van der Waals surface area (Å²) in [6.07, 6.45) is 1.73. The fourth-order valence-electron chi connectivity index (χ4n) is 3.53. The molecular weight excluding hydrogens is 561 g/mol. The number of imide groups is 1. The van der Waals surface area contributed by atoms with Crippen LogP contribution in [0.25, 0.3) is 6.08 Å². The number of aryl methyl sites for hydroxylation is 1. The molecule has 2 amide bonds. The first-order valence-corrected chi connectivity index (χ1v) is 12.8. The average Bonchev–Trinajstić information content (AvgIpc) is 3.07. The molecule has 0 aliphatic carbocycles. The van der Waals surface area contributed by atoms with Crippen LogP contribution >= 0.6 is 34.4 Å². The summed E-state index contributed by atoms with van der Waals surface area (Å²) in [6, 6.07) is 21.5. The van der Waals surface area contributed by atoms with Gasteiger partial charge in [-0.25, -0.2) is 0 Å². The van der Waals surface area contributed by atoms with Crippen LogP contribution in [0, 0.1) is 10.5 Å². The number of thioether (sulfide) groups is 1. The van der Waals surface area contributed by atoms with Crippen molar-refractivity contribution in [2.45, 2.75) is 27.0 Å². The SMILES string of the molecule is CCOc1cc(/C=C2\SC(=O)N(Cc3ccc(I)cc3)C2=O)ccc1OCc1cccc(C)c1. The third kappa shape index (κ3) is 6.01. The lowest BCUT2D eigenvalue weighted by Crippen LogP contribution is -2.27. The van der Waals surface area contributed by atoms with E-state index in [-0.39, 0.29) is 17.7 Å². The Bertz CT molecular complexity index is 1240. The van der Waals surface area contributed by atoms with Crippen molar-refractivity contribution in [1.82, 2.24) is 4.90 Å². The van der Waals surface area contributed by atoms with Crippen molar-refractivity contribution >= 4 is 51.6 Å². The highest BCUT2D eigenvalue weighted by atomic mass is 127. The van der Waals surface area contributed by atoms with Gasteiger partial charge in [-0.15, -0.1) is 0 Å². The van der Waals surface area contributed by atoms with Crippen LogP contribution in [-0.2, 0) is 17.9 Å². The smallest absolute Gasteiger partial charge is 0.293 e. The zero-order chi connectivity index (χ0) is 24.1. The van der Waals surface area contributed by atoms with E-state index in [0.29, 0.717) is 29.6 Å². The predicted molar refractivity (Wildman–Crippen MR) is 144 cm³/mol. The molecular formula is C27H24INO4S. The van der Waals surface area contributed by atoms with Gasteiger partial charge in [0, 0.05) is 3.57 Å². The molecule has 0 atom stereocenters. The summed E-state index contributed by atoms with van der Waals surface area (Å²) in [4.78, 5) is 27.1. The Morgan fingerprint density at radius 2 is 1.74 bits per heavy atom. The monoisotopic (exact) mass is 585 g/mol. The van der Waals surface area contributed by atoms with Gasteiger partial charge in [0.1, 0.15) is 6.61 Å². The van der Waals surface area contributed by atoms with Crippen LogP contribution in [0.5, 0.6) is 11.5 Å². The summed E-state index contributed by atoms with van der Waals surface area (Å²) in [7, 11) is 0. The maximum atomic E-state index is 12.9. The van der Waals surface area contributed by atoms with Gasteiger partial charge in [-0.05, 0) is 95.2 Å². The van der Waals surface area contributed by atoms with Crippen molar-refractivity contribution < 1.29 is 19.1 Å². The summed E-state index contributed by atoms with van der Waals surface area (Å²) in [5, 5.41) is -0.266. The van der Waals surface area contributed by atoms with E-state index in [1.54, 1.807) is 6.08 Å². The van der Waals surface area contributed by atoms with Gasteiger partial charge < -0.3 is 9.47 Å². The quantitative estimate of drug-likeness (QED) is 0.215. The number of halogens is 1. The Kier molecular flexibility index (Phi) is 7.95. The van der Waals surface area contributed by atoms with E-state index in [0.717, 1.165) is 32.0 Å². The number of carbonyl (C=O) groups excluding carboxylic acids is 2. The van der Waals surface area contributed by atoms with Crippen molar-refractivity contribution in [2.24, 2.45) is 0 Å². The summed E-state index contributed by atoms with van der Waals surface area (Å²) in [6.45, 7) is 5.13. The normalized spacial score (nSPS) is 14.7. The number of hydrogen-bond donors (Lipinski definition) is 0. The summed E-state index contributed by atoms with van der Waals surface area (Å²) >= 11 is 3.18. The van der Waals surface area contributed by atoms with E-state index in [2.05, 4.69) is 28.7 Å². The number of benzene rings is 3. The van der Waals surface area contributed by atoms with Crippen molar-refractivity contribution in [3.63, 3.8) is 0 Å². The maximum absolute atomic E-state index is 12.9. The molecule has 3 aromatic carbocycles. The molecule has 0 radical (unpaired) electrons. The molecule has 1 aliphatic rings. The van der Waals surface area contributed by atoms with Gasteiger partial charge in [0.2, 0.25) is 0 Å². The Morgan fingerprint density at radius 3 is 2.47 bits per heavy atom. The van der Waals surface area contributed by atoms with E-state index in [1.165, 1.54) is 10.5 Å². The molecule has 7 heteroatoms. The van der Waals surface area contributed by atoms with E-state index in [9.17, 15) is 9.59 Å². The van der Waals surface area contributed by atoms with Crippen LogP contribution in [0.1, 0.15) is 29.2 Å². The Morgan fingerprint density at radius 1 is 0.941 bits per heavy atom. The molecule has 0 bridgehead atoms. The summed E-state index contributed by atoms with van der Waals surface area (Å²) < 4.78 is 12.9. The highest BCUT2D eigenvalue weighted by molar-refractivity contribution is 14.1. The topological polar surface area (TPSA) is 55.8 Å². The Balaban J connectivity index is 1.50. The minimum absolute atomic E-state index is 0.259. The van der Waals surface area contributed by atoms with E-state index >= 15 is 0 Å². The third-order valence-electron chi connectivity index (χ3n) is 5.17. The first-order chi connectivity index (χ1) is 16.4. The fraction of sp³-hybridized carbons (Fsp3) is 0.185. The molecule has 1 saturated heterocycles. The van der Waals surface area contributed by atoms with Crippen LogP contribution in [0.2, 0.25) is 0 Å². The van der Waals surface area contributed by atoms with Gasteiger partial charge in [-0.2, -0.15) is 0 Å². The number of nitrogens with zero attached hydrogens (tertiary/aromatic N) is 1. The van der Waals surface area contributed by atoms with Gasteiger partial charge in [0.25, 0.3) is 11.1 Å². The highest BCUT2D eigenvalue weighted by Crippen LogP contribution is 2.35. The molecule has 34 heavy (non-hydrogen) atoms. The van der Waals surface area contributed by atoms with Crippen molar-refractivity contribution in [2.75, 3.05) is 6.61 Å². The lowest BCUT2D eigenvalue weighted by Gasteiger charge is -2.13. The van der Waals surface area contributed by atoms with Gasteiger partial charge >= 0.3 is 0 Å². The minimum atomic E-state index is -0.286. The van der Waals surface area contributed by atoms with Crippen LogP contribution in [-0.4, -0.2) is 22.7 Å². The fourth-order valence-corrected chi connectivity index (χ4v) is 4.72. The van der Waals surface area contributed by atoms with E-state index in [4.69, 9.17) is 9.47 Å². The Labute approximate surface area is 217 Å². The minimum Gasteiger partial charge on any atom is -0.490 e. The van der Waals surface area contributed by atoms with Crippen molar-refractivity contribution in [1.29, 1.82) is 0 Å². The molecule has 0 unspecified atom stereocenters. The van der Waals surface area contributed by atoms with Crippen LogP contribution in [0.4, 0.5) is 4.79 Å². The molecule has 0 saturated carbocycles. The molecule has 174 valence electrons. The molecule has 1 heterocycles. The first-order valence-electron chi connectivity index (χ1n) is 10.9. The maximum Gasteiger partial charge on any atom is 0.293 e. The zero-order valence-electron chi connectivity index (χ0n) is 18.9. The zero-order valence-corrected chi connectivity index (χ0v) is 21.9. The van der Waals surface area contributed by atoms with Gasteiger partial charge in [-0.3, -0.25) is 14.5 Å². The van der Waals surface area contributed by atoms with Crippen molar-refractivity contribution in [3.8, 4) is 11.5 Å². The highest BCUT2D eigenvalue weighted by Gasteiger charge is 2.35. The first kappa shape index (κ1) is 24.3. The molecule has 5 nitrogen and oxygen atoms in total. The van der Waals surface area contributed by atoms with Gasteiger partial charge in [-0.1, -0.05) is 48.0 Å². The second kappa shape index (κ2) is 11.1. The molecule has 0 aromatic heterocycles. The number of ether oxygens (including phenoxy) is 2. The molecule has 0 spiro atoms. The number of rotatable bonds is 8. The van der Waals surface area contributed by atoms with Crippen LogP contribution < -0.4 is 9.47 Å². The lowest BCUT2D eigenvalue weighted by atomic mass is 10.1. The van der Waals surface area contributed by atoms with Gasteiger partial charge in [0.15, 0.2) is 11.5 Å². The summed E-state index contributed by atoms with van der Waals surface area (Å²) in [5.74, 6) is 0.945. The molecule has 3 aromatic rings. The molecule has 0 N–H and O–H groups in total. The predicted octanol–water partition coefficient (Wildman–Crippen LogP) is 6.81. The number of hydrogen-bond acceptors (Lipinski definition) is 5. The molecule has 1 aliphatic heterocycles. The average molecular weight is 585 g/mol. The van der Waals surface area contributed by atoms with E-state index in [1.807, 2.05) is 74.5 Å². The lowest BCUT2D eigenvalue weighted by molar-refractivity contribution is -0.123.